The van der Waals surface area contributed by atoms with Gasteiger partial charge < -0.3 is 4.42 Å². The lowest BCUT2D eigenvalue weighted by Gasteiger charge is -2.12. The number of fused-ring (bicyclic) bond motifs is 10. The molecule has 270 valence electrons. The van der Waals surface area contributed by atoms with Gasteiger partial charge in [0.15, 0.2) is 17.5 Å². The Morgan fingerprint density at radius 1 is 0.345 bits per heavy atom. The lowest BCUT2D eigenvalue weighted by molar-refractivity contribution is 0.669. The Morgan fingerprint density at radius 2 is 0.966 bits per heavy atom. The van der Waals surface area contributed by atoms with Crippen LogP contribution in [-0.4, -0.2) is 19.9 Å². The van der Waals surface area contributed by atoms with Crippen molar-refractivity contribution < 1.29 is 4.42 Å². The number of aromatic nitrogens is 4. The van der Waals surface area contributed by atoms with Gasteiger partial charge in [0.25, 0.3) is 0 Å². The molecule has 8 aromatic carbocycles. The van der Waals surface area contributed by atoms with Crippen LogP contribution < -0.4 is 0 Å². The third-order valence-electron chi connectivity index (χ3n) is 11.1. The Bertz CT molecular complexity index is 3560. The molecule has 0 fully saturated rings. The number of benzene rings is 8. The maximum Gasteiger partial charge on any atom is 0.164 e. The van der Waals surface area contributed by atoms with Crippen LogP contribution in [0.1, 0.15) is 0 Å². The van der Waals surface area contributed by atoms with E-state index in [1.807, 2.05) is 47.7 Å². The fourth-order valence-electron chi connectivity index (χ4n) is 8.42. The normalized spacial score (nSPS) is 11.8. The Morgan fingerprint density at radius 3 is 1.79 bits per heavy atom. The molecular formula is C52H30N4OS. The summed E-state index contributed by atoms with van der Waals surface area (Å²) in [5.41, 5.74) is 9.70. The molecule has 0 unspecified atom stereocenters. The van der Waals surface area contributed by atoms with Gasteiger partial charge in [-0.25, -0.2) is 19.9 Å². The minimum absolute atomic E-state index is 0.592. The van der Waals surface area contributed by atoms with Crippen molar-refractivity contribution in [2.75, 3.05) is 0 Å². The van der Waals surface area contributed by atoms with E-state index in [4.69, 9.17) is 24.4 Å². The summed E-state index contributed by atoms with van der Waals surface area (Å²) in [6.45, 7) is 0. The predicted molar refractivity (Wildman–Crippen MR) is 240 cm³/mol. The van der Waals surface area contributed by atoms with Gasteiger partial charge in [0, 0.05) is 69.4 Å². The highest BCUT2D eigenvalue weighted by atomic mass is 32.1. The second-order valence-corrected chi connectivity index (χ2v) is 15.6. The number of hydrogen-bond donors (Lipinski definition) is 0. The second-order valence-electron chi connectivity index (χ2n) is 14.5. The Kier molecular flexibility index (Phi) is 7.33. The van der Waals surface area contributed by atoms with Crippen LogP contribution in [0.2, 0.25) is 0 Å². The Hall–Kier alpha value is -7.54. The van der Waals surface area contributed by atoms with E-state index in [-0.39, 0.29) is 0 Å². The molecule has 0 atom stereocenters. The summed E-state index contributed by atoms with van der Waals surface area (Å²) in [5, 5.41) is 7.87. The minimum atomic E-state index is 0.592. The predicted octanol–water partition coefficient (Wildman–Crippen LogP) is 14.2. The zero-order valence-electron chi connectivity index (χ0n) is 30.9. The van der Waals surface area contributed by atoms with Crippen molar-refractivity contribution in [3.05, 3.63) is 182 Å². The molecule has 0 saturated carbocycles. The van der Waals surface area contributed by atoms with E-state index < -0.39 is 0 Å². The Labute approximate surface area is 336 Å². The van der Waals surface area contributed by atoms with Crippen molar-refractivity contribution in [3.63, 3.8) is 0 Å². The third kappa shape index (κ3) is 5.23. The quantitative estimate of drug-likeness (QED) is 0.164. The van der Waals surface area contributed by atoms with Crippen LogP contribution in [0.5, 0.6) is 0 Å². The van der Waals surface area contributed by atoms with E-state index in [2.05, 4.69) is 146 Å². The van der Waals surface area contributed by atoms with Gasteiger partial charge in [0.2, 0.25) is 0 Å². The zero-order chi connectivity index (χ0) is 38.2. The maximum absolute atomic E-state index is 6.31. The monoisotopic (exact) mass is 758 g/mol. The summed E-state index contributed by atoms with van der Waals surface area (Å²) >= 11 is 1.81. The van der Waals surface area contributed by atoms with Crippen molar-refractivity contribution in [1.82, 2.24) is 19.9 Å². The van der Waals surface area contributed by atoms with Crippen molar-refractivity contribution in [2.45, 2.75) is 0 Å². The van der Waals surface area contributed by atoms with Gasteiger partial charge in [-0.1, -0.05) is 140 Å². The first-order valence-corrected chi connectivity index (χ1v) is 20.1. The van der Waals surface area contributed by atoms with Crippen LogP contribution in [0.15, 0.2) is 186 Å². The van der Waals surface area contributed by atoms with Gasteiger partial charge in [0.05, 0.1) is 11.2 Å². The van der Waals surface area contributed by atoms with Crippen LogP contribution in [-0.2, 0) is 0 Å². The SMILES string of the molecule is c1ccc(-c2ccc(-c3nc(-c4ccc5sc6ccc7c(-c8ccccc8)nc8ccccc8c7c6c5c4)nc(-c4cccc5oc6ccccc6c45)n3)cc2)cc1. The van der Waals surface area contributed by atoms with Crippen LogP contribution in [0, 0.1) is 0 Å². The molecule has 0 aliphatic carbocycles. The molecule has 0 aliphatic heterocycles. The molecule has 4 aromatic heterocycles. The minimum Gasteiger partial charge on any atom is -0.456 e. The molecule has 58 heavy (non-hydrogen) atoms. The van der Waals surface area contributed by atoms with E-state index in [1.165, 1.54) is 20.2 Å². The summed E-state index contributed by atoms with van der Waals surface area (Å²) in [4.78, 5) is 20.9. The number of furan rings is 1. The van der Waals surface area contributed by atoms with Crippen LogP contribution in [0.3, 0.4) is 0 Å². The number of hydrogen-bond acceptors (Lipinski definition) is 6. The molecule has 12 rings (SSSR count). The average molecular weight is 759 g/mol. The van der Waals surface area contributed by atoms with Crippen molar-refractivity contribution in [2.24, 2.45) is 0 Å². The van der Waals surface area contributed by atoms with Gasteiger partial charge in [-0.3, -0.25) is 0 Å². The standard InChI is InChI=1S/C52H30N4OS/c1-3-12-31(13-4-1)32-22-24-34(25-23-32)50-54-51(56-52(55-50)39-18-11-21-43-46(39)37-17-8-10-20-42(37)57-43)35-26-28-44-40(30-35)48-45(58-44)29-27-38-47(48)36-16-7-9-19-41(36)53-49(38)33-14-5-2-6-15-33/h1-30H. The highest BCUT2D eigenvalue weighted by Crippen LogP contribution is 2.45. The van der Waals surface area contributed by atoms with Gasteiger partial charge in [-0.05, 0) is 53.6 Å². The molecule has 0 N–H and O–H groups in total. The molecule has 5 nitrogen and oxygen atoms in total. The molecule has 0 saturated heterocycles. The van der Waals surface area contributed by atoms with Crippen LogP contribution >= 0.6 is 11.3 Å². The summed E-state index contributed by atoms with van der Waals surface area (Å²) < 4.78 is 8.74. The molecule has 0 radical (unpaired) electrons. The number of rotatable bonds is 5. The molecular weight excluding hydrogens is 729 g/mol. The molecule has 0 amide bonds. The highest BCUT2D eigenvalue weighted by molar-refractivity contribution is 7.26. The number of thiophene rings is 1. The van der Waals surface area contributed by atoms with Gasteiger partial charge in [-0.15, -0.1) is 11.3 Å². The van der Waals surface area contributed by atoms with Gasteiger partial charge in [-0.2, -0.15) is 0 Å². The lowest BCUT2D eigenvalue weighted by atomic mass is 9.96. The number of para-hydroxylation sites is 2. The average Bonchev–Trinajstić information content (AvgIpc) is 3.87. The summed E-state index contributed by atoms with van der Waals surface area (Å²) in [6.07, 6.45) is 0. The fourth-order valence-corrected chi connectivity index (χ4v) is 9.52. The van der Waals surface area contributed by atoms with Crippen molar-refractivity contribution >= 4 is 75.1 Å². The summed E-state index contributed by atoms with van der Waals surface area (Å²) in [6, 6.07) is 63.2. The van der Waals surface area contributed by atoms with Crippen LogP contribution in [0.25, 0.3) is 120 Å². The topological polar surface area (TPSA) is 64.7 Å². The van der Waals surface area contributed by atoms with Crippen molar-refractivity contribution in [1.29, 1.82) is 0 Å². The van der Waals surface area contributed by atoms with Gasteiger partial charge >= 0.3 is 0 Å². The van der Waals surface area contributed by atoms with E-state index in [1.54, 1.807) is 0 Å². The fraction of sp³-hybridized carbons (Fsp3) is 0. The summed E-state index contributed by atoms with van der Waals surface area (Å²) in [5.74, 6) is 1.80. The number of pyridine rings is 1. The lowest BCUT2D eigenvalue weighted by Crippen LogP contribution is -2.00. The first-order chi connectivity index (χ1) is 28.7. The Balaban J connectivity index is 1.10. The van der Waals surface area contributed by atoms with E-state index >= 15 is 0 Å². The molecule has 0 aliphatic rings. The zero-order valence-corrected chi connectivity index (χ0v) is 31.7. The largest absolute Gasteiger partial charge is 0.456 e. The molecule has 0 spiro atoms. The van der Waals surface area contributed by atoms with Crippen LogP contribution in [0.4, 0.5) is 0 Å². The van der Waals surface area contributed by atoms with E-state index in [0.29, 0.717) is 17.5 Å². The molecule has 6 heteroatoms. The van der Waals surface area contributed by atoms with E-state index in [0.717, 1.165) is 82.7 Å². The number of nitrogens with zero attached hydrogens (tertiary/aromatic N) is 4. The summed E-state index contributed by atoms with van der Waals surface area (Å²) in [7, 11) is 0. The highest BCUT2D eigenvalue weighted by Gasteiger charge is 2.20. The molecule has 0 bridgehead atoms. The molecule has 12 aromatic rings. The van der Waals surface area contributed by atoms with E-state index in [9.17, 15) is 0 Å². The second kappa shape index (κ2) is 13.0. The third-order valence-corrected chi connectivity index (χ3v) is 12.3. The smallest absolute Gasteiger partial charge is 0.164 e. The first kappa shape index (κ1) is 32.7. The molecule has 4 heterocycles. The maximum atomic E-state index is 6.31. The van der Waals surface area contributed by atoms with Gasteiger partial charge in [0.1, 0.15) is 11.2 Å². The van der Waals surface area contributed by atoms with Crippen molar-refractivity contribution in [3.8, 4) is 56.5 Å². The first-order valence-electron chi connectivity index (χ1n) is 19.3.